The minimum Gasteiger partial charge on any atom is -0.446 e. The van der Waals surface area contributed by atoms with E-state index in [0.29, 0.717) is 14.9 Å². The molecule has 4 amide bonds. The molecule has 2 heterocycles. The number of morpholine rings is 1. The van der Waals surface area contributed by atoms with Gasteiger partial charge in [0.05, 0.1) is 28.1 Å². The highest BCUT2D eigenvalue weighted by Gasteiger charge is 2.36. The molecule has 2 N–H and O–H groups in total. The number of alkyl carbamates (subject to hydrolysis) is 1. The van der Waals surface area contributed by atoms with Gasteiger partial charge in [0.2, 0.25) is 0 Å². The van der Waals surface area contributed by atoms with E-state index in [2.05, 4.69) is 10.6 Å². The van der Waals surface area contributed by atoms with Crippen molar-refractivity contribution in [2.75, 3.05) is 31.3 Å². The number of hydrogen-bond donors (Lipinski definition) is 2. The number of rotatable bonds is 8. The van der Waals surface area contributed by atoms with Crippen LogP contribution >= 0.6 is 22.9 Å². The van der Waals surface area contributed by atoms with Gasteiger partial charge in [-0.3, -0.25) is 14.4 Å². The molecule has 1 unspecified atom stereocenters. The summed E-state index contributed by atoms with van der Waals surface area (Å²) in [7, 11) is 0. The van der Waals surface area contributed by atoms with Gasteiger partial charge in [0.1, 0.15) is 18.8 Å². The molecular weight excluding hydrogens is 496 g/mol. The summed E-state index contributed by atoms with van der Waals surface area (Å²) in [4.78, 5) is 51.9. The largest absolute Gasteiger partial charge is 0.446 e. The Labute approximate surface area is 211 Å². The van der Waals surface area contributed by atoms with Crippen LogP contribution in [0.5, 0.6) is 0 Å². The Balaban J connectivity index is 1.56. The van der Waals surface area contributed by atoms with Crippen molar-refractivity contribution < 1.29 is 28.7 Å². The maximum atomic E-state index is 13.8. The first-order valence-corrected chi connectivity index (χ1v) is 12.4. The molecule has 1 aromatic carbocycles. The summed E-state index contributed by atoms with van der Waals surface area (Å²) in [6.45, 7) is 0.00191. The number of amides is 4. The normalized spacial score (nSPS) is 16.7. The highest BCUT2D eigenvalue weighted by molar-refractivity contribution is 7.18. The minimum absolute atomic E-state index is 0.152. The molecule has 2 aliphatic rings. The van der Waals surface area contributed by atoms with Crippen molar-refractivity contribution >= 4 is 52.4 Å². The first-order valence-electron chi connectivity index (χ1n) is 11.2. The summed E-state index contributed by atoms with van der Waals surface area (Å²) in [5.74, 6) is -1.45. The van der Waals surface area contributed by atoms with Crippen LogP contribution in [0.2, 0.25) is 4.34 Å². The monoisotopic (exact) mass is 520 g/mol. The zero-order valence-corrected chi connectivity index (χ0v) is 20.3. The zero-order chi connectivity index (χ0) is 24.8. The Hall–Kier alpha value is -3.15. The lowest BCUT2D eigenvalue weighted by Crippen LogP contribution is -2.61. The first-order chi connectivity index (χ1) is 16.9. The van der Waals surface area contributed by atoms with E-state index < -0.39 is 29.9 Å². The third-order valence-electron chi connectivity index (χ3n) is 5.59. The van der Waals surface area contributed by atoms with Gasteiger partial charge in [-0.25, -0.2) is 14.8 Å². The first kappa shape index (κ1) is 25.0. The molecule has 2 fully saturated rings. The van der Waals surface area contributed by atoms with Crippen molar-refractivity contribution in [2.45, 2.75) is 31.4 Å². The average molecular weight is 521 g/mol. The summed E-state index contributed by atoms with van der Waals surface area (Å²) in [6.07, 6.45) is 1.55. The van der Waals surface area contributed by atoms with Gasteiger partial charge in [-0.1, -0.05) is 29.8 Å². The van der Waals surface area contributed by atoms with Crippen LogP contribution in [0.4, 0.5) is 10.5 Å². The van der Waals surface area contributed by atoms with Crippen LogP contribution < -0.4 is 15.6 Å². The summed E-state index contributed by atoms with van der Waals surface area (Å²) < 4.78 is 11.0. The molecule has 10 nitrogen and oxygen atoms in total. The number of nitrogens with zero attached hydrogens (tertiary/aromatic N) is 2. The summed E-state index contributed by atoms with van der Waals surface area (Å²) in [5, 5.41) is 7.74. The van der Waals surface area contributed by atoms with Crippen molar-refractivity contribution in [3.63, 3.8) is 0 Å². The molecular formula is C23H25ClN4O6S. The van der Waals surface area contributed by atoms with Gasteiger partial charge < -0.3 is 20.1 Å². The smallest absolute Gasteiger partial charge is 0.408 e. The fourth-order valence-electron chi connectivity index (χ4n) is 3.56. The zero-order valence-electron chi connectivity index (χ0n) is 18.8. The van der Waals surface area contributed by atoms with Gasteiger partial charge in [-0.15, -0.1) is 11.3 Å². The van der Waals surface area contributed by atoms with Crippen molar-refractivity contribution in [3.8, 4) is 0 Å². The number of nitrogens with one attached hydrogen (secondary N) is 2. The maximum Gasteiger partial charge on any atom is 0.408 e. The number of thiophene rings is 1. The summed E-state index contributed by atoms with van der Waals surface area (Å²) in [6, 6.07) is 10.6. The van der Waals surface area contributed by atoms with E-state index in [1.54, 1.807) is 42.5 Å². The van der Waals surface area contributed by atoms with E-state index in [1.807, 2.05) is 0 Å². The molecule has 1 aliphatic carbocycles. The predicted molar refractivity (Wildman–Crippen MR) is 129 cm³/mol. The number of carbonyl (C=O) groups is 4. The molecule has 1 aliphatic heterocycles. The van der Waals surface area contributed by atoms with Gasteiger partial charge in [0, 0.05) is 6.54 Å². The van der Waals surface area contributed by atoms with Gasteiger partial charge >= 0.3 is 6.09 Å². The second-order valence-electron chi connectivity index (χ2n) is 8.02. The Bertz CT molecular complexity index is 1080. The Morgan fingerprint density at radius 3 is 2.60 bits per heavy atom. The number of carbonyl (C=O) groups excluding carboxylic acids is 4. The van der Waals surface area contributed by atoms with Crippen LogP contribution in [-0.4, -0.2) is 67.3 Å². The van der Waals surface area contributed by atoms with Gasteiger partial charge in [0.15, 0.2) is 0 Å². The van der Waals surface area contributed by atoms with Crippen LogP contribution in [-0.2, 0) is 19.1 Å². The highest BCUT2D eigenvalue weighted by Crippen LogP contribution is 2.23. The van der Waals surface area contributed by atoms with E-state index >= 15 is 0 Å². The van der Waals surface area contributed by atoms with Crippen LogP contribution in [0.25, 0.3) is 0 Å². The molecule has 0 spiro atoms. The number of para-hydroxylation sites is 1. The number of ether oxygens (including phenoxy) is 2. The fourth-order valence-corrected chi connectivity index (χ4v) is 4.52. The van der Waals surface area contributed by atoms with Gasteiger partial charge in [-0.2, -0.15) is 0 Å². The van der Waals surface area contributed by atoms with Crippen molar-refractivity contribution in [2.24, 2.45) is 0 Å². The third kappa shape index (κ3) is 6.30. The standard InChI is InChI=1S/C23H25ClN4O6S/c24-19-10-9-18(35-19)21(30)25-13-17(26-23(32)34-16-7-4-8-16)22(31)28(15-5-2-1-3-6-15)27-11-12-33-14-20(27)29/h1-3,5-6,9-10,16-17H,4,7-8,11-14H2,(H,25,30)(H,26,32). The Kier molecular flexibility index (Phi) is 8.21. The van der Waals surface area contributed by atoms with Crippen molar-refractivity contribution in [1.82, 2.24) is 15.6 Å². The molecule has 0 radical (unpaired) electrons. The van der Waals surface area contributed by atoms with Crippen LogP contribution in [0.3, 0.4) is 0 Å². The second kappa shape index (κ2) is 11.5. The van der Waals surface area contributed by atoms with Crippen LogP contribution in [0, 0.1) is 0 Å². The van der Waals surface area contributed by atoms with Gasteiger partial charge in [-0.05, 0) is 43.5 Å². The SMILES string of the molecule is O=C(NC(CNC(=O)c1ccc(Cl)s1)C(=O)N(c1ccccc1)N1CCOCC1=O)OC1CCC1. The molecule has 1 saturated carbocycles. The minimum atomic E-state index is -1.21. The van der Waals surface area contributed by atoms with Crippen LogP contribution in [0.15, 0.2) is 42.5 Å². The molecule has 1 atom stereocenters. The fraction of sp³-hybridized carbons (Fsp3) is 0.391. The molecule has 12 heteroatoms. The third-order valence-corrected chi connectivity index (χ3v) is 6.82. The van der Waals surface area contributed by atoms with Crippen molar-refractivity contribution in [1.29, 1.82) is 0 Å². The molecule has 2 aromatic rings. The van der Waals surface area contributed by atoms with E-state index in [9.17, 15) is 19.2 Å². The molecule has 1 aromatic heterocycles. The molecule has 4 rings (SSSR count). The predicted octanol–water partition coefficient (Wildman–Crippen LogP) is 2.59. The molecule has 35 heavy (non-hydrogen) atoms. The van der Waals surface area contributed by atoms with E-state index in [-0.39, 0.29) is 32.4 Å². The lowest BCUT2D eigenvalue weighted by molar-refractivity contribution is -0.147. The number of hydrazine groups is 1. The number of benzene rings is 1. The quantitative estimate of drug-likeness (QED) is 0.552. The Morgan fingerprint density at radius 1 is 1.20 bits per heavy atom. The molecule has 1 saturated heterocycles. The number of anilines is 1. The second-order valence-corrected chi connectivity index (χ2v) is 9.74. The average Bonchev–Trinajstić information content (AvgIpc) is 3.27. The topological polar surface area (TPSA) is 117 Å². The number of hydrogen-bond acceptors (Lipinski definition) is 7. The van der Waals surface area contributed by atoms with Crippen LogP contribution in [0.1, 0.15) is 28.9 Å². The molecule has 0 bridgehead atoms. The Morgan fingerprint density at radius 2 is 1.97 bits per heavy atom. The summed E-state index contributed by atoms with van der Waals surface area (Å²) in [5.41, 5.74) is 0.434. The maximum absolute atomic E-state index is 13.8. The lowest BCUT2D eigenvalue weighted by atomic mass is 9.96. The van der Waals surface area contributed by atoms with E-state index in [0.717, 1.165) is 30.6 Å². The molecule has 186 valence electrons. The van der Waals surface area contributed by atoms with Gasteiger partial charge in [0.25, 0.3) is 17.7 Å². The lowest BCUT2D eigenvalue weighted by Gasteiger charge is -2.38. The highest BCUT2D eigenvalue weighted by atomic mass is 35.5. The van der Waals surface area contributed by atoms with E-state index in [4.69, 9.17) is 21.1 Å². The number of halogens is 1. The van der Waals surface area contributed by atoms with Crippen molar-refractivity contribution in [3.05, 3.63) is 51.7 Å². The summed E-state index contributed by atoms with van der Waals surface area (Å²) >= 11 is 7.01. The van der Waals surface area contributed by atoms with E-state index in [1.165, 1.54) is 10.0 Å².